The number of ether oxygens (including phenoxy) is 1. The molecule has 1 aliphatic rings. The van der Waals surface area contributed by atoms with Crippen molar-refractivity contribution in [2.45, 2.75) is 64.6 Å². The largest absolute Gasteiger partial charge is 0.497 e. The number of nitrogens with zero attached hydrogens (tertiary/aromatic N) is 3. The number of thioether (sulfide) groups is 1. The highest BCUT2D eigenvalue weighted by molar-refractivity contribution is 7.99. The lowest BCUT2D eigenvalue weighted by Gasteiger charge is -2.31. The Morgan fingerprint density at radius 2 is 1.86 bits per heavy atom. The van der Waals surface area contributed by atoms with E-state index in [0.29, 0.717) is 17.7 Å². The molecular formula is C22H31N3O2S. The smallest absolute Gasteiger partial charge is 0.192 e. The first-order valence-electron chi connectivity index (χ1n) is 10.1. The van der Waals surface area contributed by atoms with Gasteiger partial charge in [-0.3, -0.25) is 9.36 Å². The van der Waals surface area contributed by atoms with Crippen molar-refractivity contribution < 1.29 is 9.53 Å². The van der Waals surface area contributed by atoms with E-state index in [4.69, 9.17) is 4.74 Å². The highest BCUT2D eigenvalue weighted by atomic mass is 32.2. The fourth-order valence-electron chi connectivity index (χ4n) is 3.64. The summed E-state index contributed by atoms with van der Waals surface area (Å²) in [6, 6.07) is 8.33. The maximum absolute atomic E-state index is 12.4. The van der Waals surface area contributed by atoms with E-state index in [-0.39, 0.29) is 11.2 Å². The summed E-state index contributed by atoms with van der Waals surface area (Å²) in [4.78, 5) is 12.4. The molecule has 1 aliphatic carbocycles. The van der Waals surface area contributed by atoms with Gasteiger partial charge >= 0.3 is 0 Å². The monoisotopic (exact) mass is 401 g/mol. The molecule has 0 bridgehead atoms. The van der Waals surface area contributed by atoms with E-state index in [9.17, 15) is 4.79 Å². The summed E-state index contributed by atoms with van der Waals surface area (Å²) < 4.78 is 7.57. The van der Waals surface area contributed by atoms with Crippen molar-refractivity contribution >= 4 is 17.5 Å². The van der Waals surface area contributed by atoms with Crippen LogP contribution in [0.1, 0.15) is 59.4 Å². The van der Waals surface area contributed by atoms with E-state index in [2.05, 4.69) is 21.7 Å². The van der Waals surface area contributed by atoms with Gasteiger partial charge in [-0.15, -0.1) is 10.2 Å². The molecule has 6 heteroatoms. The molecule has 0 N–H and O–H groups in total. The van der Waals surface area contributed by atoms with Crippen LogP contribution in [0.5, 0.6) is 5.75 Å². The zero-order valence-corrected chi connectivity index (χ0v) is 18.4. The van der Waals surface area contributed by atoms with Crippen LogP contribution in [0.15, 0.2) is 29.4 Å². The molecule has 1 aromatic carbocycles. The molecule has 1 fully saturated rings. The lowest BCUT2D eigenvalue weighted by atomic mass is 9.85. The van der Waals surface area contributed by atoms with Gasteiger partial charge in [0.1, 0.15) is 11.5 Å². The minimum absolute atomic E-state index is 0.231. The zero-order chi connectivity index (χ0) is 20.3. The molecule has 1 saturated carbocycles. The number of hydrogen-bond acceptors (Lipinski definition) is 5. The van der Waals surface area contributed by atoms with Crippen LogP contribution in [-0.4, -0.2) is 33.4 Å². The van der Waals surface area contributed by atoms with Crippen LogP contribution >= 0.6 is 11.8 Å². The van der Waals surface area contributed by atoms with Crippen molar-refractivity contribution in [3.63, 3.8) is 0 Å². The molecule has 0 amide bonds. The predicted molar refractivity (Wildman–Crippen MR) is 114 cm³/mol. The van der Waals surface area contributed by atoms with Gasteiger partial charge < -0.3 is 4.74 Å². The standard InChI is InChI=1S/C22H31N3O2S/c1-15-8-6-7-9-18(15)25-20(16-10-12-17(27-5)13-11-16)23-24-21(25)28-14-19(26)22(2,3)4/h10-13,15,18H,6-9,14H2,1-5H3/t15-,18+/m0/s1. The molecule has 0 radical (unpaired) electrons. The Morgan fingerprint density at radius 3 is 2.46 bits per heavy atom. The highest BCUT2D eigenvalue weighted by Crippen LogP contribution is 2.39. The van der Waals surface area contributed by atoms with Gasteiger partial charge in [0.2, 0.25) is 0 Å². The number of rotatable bonds is 6. The molecule has 1 heterocycles. The van der Waals surface area contributed by atoms with E-state index >= 15 is 0 Å². The number of aromatic nitrogens is 3. The normalized spacial score (nSPS) is 20.2. The SMILES string of the molecule is COc1ccc(-c2nnc(SCC(=O)C(C)(C)C)n2[C@@H]2CCCC[C@@H]2C)cc1. The molecule has 0 spiro atoms. The van der Waals surface area contributed by atoms with E-state index in [0.717, 1.165) is 28.7 Å². The van der Waals surface area contributed by atoms with Gasteiger partial charge in [0, 0.05) is 17.0 Å². The number of methoxy groups -OCH3 is 1. The summed E-state index contributed by atoms with van der Waals surface area (Å²) in [6.45, 7) is 8.21. The van der Waals surface area contributed by atoms with Crippen LogP contribution in [0, 0.1) is 11.3 Å². The molecule has 0 unspecified atom stereocenters. The molecule has 2 atom stereocenters. The summed E-state index contributed by atoms with van der Waals surface area (Å²) in [5.74, 6) is 2.93. The van der Waals surface area contributed by atoms with E-state index in [1.807, 2.05) is 45.0 Å². The summed E-state index contributed by atoms with van der Waals surface area (Å²) in [7, 11) is 1.67. The molecule has 2 aromatic rings. The molecular weight excluding hydrogens is 370 g/mol. The minimum atomic E-state index is -0.338. The van der Waals surface area contributed by atoms with Crippen molar-refractivity contribution in [2.75, 3.05) is 12.9 Å². The third kappa shape index (κ3) is 4.59. The number of benzene rings is 1. The van der Waals surface area contributed by atoms with Crippen molar-refractivity contribution in [2.24, 2.45) is 11.3 Å². The first-order chi connectivity index (χ1) is 13.3. The average molecular weight is 402 g/mol. The third-order valence-electron chi connectivity index (χ3n) is 5.58. The van der Waals surface area contributed by atoms with Gasteiger partial charge in [0.05, 0.1) is 12.9 Å². The number of carbonyl (C=O) groups is 1. The number of Topliss-reactive ketones (excluding diaryl/α,β-unsaturated/α-hetero) is 1. The number of hydrogen-bond donors (Lipinski definition) is 0. The number of ketones is 1. The zero-order valence-electron chi connectivity index (χ0n) is 17.6. The Balaban J connectivity index is 1.95. The highest BCUT2D eigenvalue weighted by Gasteiger charge is 2.29. The van der Waals surface area contributed by atoms with Crippen LogP contribution in [0.25, 0.3) is 11.4 Å². The van der Waals surface area contributed by atoms with E-state index in [1.165, 1.54) is 31.0 Å². The summed E-state index contributed by atoms with van der Waals surface area (Å²) >= 11 is 1.52. The first-order valence-corrected chi connectivity index (χ1v) is 11.0. The minimum Gasteiger partial charge on any atom is -0.497 e. The number of carbonyl (C=O) groups excluding carboxylic acids is 1. The predicted octanol–water partition coefficient (Wildman–Crippen LogP) is 5.41. The Bertz CT molecular complexity index is 808. The van der Waals surface area contributed by atoms with Gasteiger partial charge in [0.15, 0.2) is 11.0 Å². The van der Waals surface area contributed by atoms with Crippen molar-refractivity contribution in [1.29, 1.82) is 0 Å². The Kier molecular flexibility index (Phi) is 6.48. The topological polar surface area (TPSA) is 57.0 Å². The third-order valence-corrected chi connectivity index (χ3v) is 6.52. The fourth-order valence-corrected chi connectivity index (χ4v) is 4.79. The fraction of sp³-hybridized carbons (Fsp3) is 0.591. The Hall–Kier alpha value is -1.82. The van der Waals surface area contributed by atoms with Crippen LogP contribution in [0.4, 0.5) is 0 Å². The van der Waals surface area contributed by atoms with Gasteiger partial charge in [-0.1, -0.05) is 52.3 Å². The van der Waals surface area contributed by atoms with Crippen LogP contribution in [0.3, 0.4) is 0 Å². The maximum Gasteiger partial charge on any atom is 0.192 e. The quantitative estimate of drug-likeness (QED) is 0.606. The molecule has 0 aliphatic heterocycles. The lowest BCUT2D eigenvalue weighted by molar-refractivity contribution is -0.123. The van der Waals surface area contributed by atoms with Gasteiger partial charge in [-0.25, -0.2) is 0 Å². The van der Waals surface area contributed by atoms with Gasteiger partial charge in [-0.2, -0.15) is 0 Å². The summed E-state index contributed by atoms with van der Waals surface area (Å²) in [6.07, 6.45) is 4.85. The van der Waals surface area contributed by atoms with E-state index < -0.39 is 0 Å². The van der Waals surface area contributed by atoms with Crippen LogP contribution in [-0.2, 0) is 4.79 Å². The summed E-state index contributed by atoms with van der Waals surface area (Å²) in [5.41, 5.74) is 0.689. The average Bonchev–Trinajstić information content (AvgIpc) is 3.09. The van der Waals surface area contributed by atoms with E-state index in [1.54, 1.807) is 7.11 Å². The second kappa shape index (κ2) is 8.68. The first kappa shape index (κ1) is 20.9. The van der Waals surface area contributed by atoms with Crippen molar-refractivity contribution in [1.82, 2.24) is 14.8 Å². The second-order valence-electron chi connectivity index (χ2n) is 8.70. The van der Waals surface area contributed by atoms with Gasteiger partial charge in [0.25, 0.3) is 0 Å². The Labute approximate surface area is 172 Å². The van der Waals surface area contributed by atoms with Crippen molar-refractivity contribution in [3.8, 4) is 17.1 Å². The van der Waals surface area contributed by atoms with Crippen LogP contribution < -0.4 is 4.74 Å². The maximum atomic E-state index is 12.4. The molecule has 5 nitrogen and oxygen atoms in total. The van der Waals surface area contributed by atoms with Crippen molar-refractivity contribution in [3.05, 3.63) is 24.3 Å². The molecule has 1 aromatic heterocycles. The van der Waals surface area contributed by atoms with Crippen LogP contribution in [0.2, 0.25) is 0 Å². The second-order valence-corrected chi connectivity index (χ2v) is 9.64. The molecule has 28 heavy (non-hydrogen) atoms. The molecule has 3 rings (SSSR count). The molecule has 152 valence electrons. The summed E-state index contributed by atoms with van der Waals surface area (Å²) in [5, 5.41) is 9.87. The lowest BCUT2D eigenvalue weighted by Crippen LogP contribution is -2.24. The van der Waals surface area contributed by atoms with Gasteiger partial charge in [-0.05, 0) is 43.0 Å². The molecule has 0 saturated heterocycles. The Morgan fingerprint density at radius 1 is 1.18 bits per heavy atom.